The molecule has 5 nitrogen and oxygen atoms in total. The van der Waals surface area contributed by atoms with Crippen molar-refractivity contribution >= 4 is 5.97 Å². The molecule has 3 saturated carbocycles. The van der Waals surface area contributed by atoms with E-state index in [0.717, 1.165) is 44.9 Å². The van der Waals surface area contributed by atoms with Crippen LogP contribution in [-0.4, -0.2) is 17.2 Å². The molecule has 0 radical (unpaired) electrons. The van der Waals surface area contributed by atoms with Gasteiger partial charge in [-0.05, 0) is 73.5 Å². The SMILES string of the molecule is CC(=O)O[C@H]1CC[C@@]2(C)C(=CC[C@H]3[C@@H]4CC[C@H](C(O)=C[N+]#N)[C@@]4(C)CC[C@@H]32)C1. The summed E-state index contributed by atoms with van der Waals surface area (Å²) in [6.45, 7) is 6.29. The molecule has 4 rings (SSSR count). The third-order valence-corrected chi connectivity index (χ3v) is 8.94. The summed E-state index contributed by atoms with van der Waals surface area (Å²) in [6, 6.07) is 0. The molecule has 3 fully saturated rings. The molecule has 0 amide bonds. The summed E-state index contributed by atoms with van der Waals surface area (Å²) in [5, 5.41) is 19.3. The summed E-state index contributed by atoms with van der Waals surface area (Å²) >= 11 is 0. The Morgan fingerprint density at radius 1 is 1.25 bits per heavy atom. The summed E-state index contributed by atoms with van der Waals surface area (Å²) in [4.78, 5) is 14.4. The zero-order valence-electron chi connectivity index (χ0n) is 17.4. The number of ether oxygens (including phenoxy) is 1. The van der Waals surface area contributed by atoms with Crippen LogP contribution < -0.4 is 0 Å². The van der Waals surface area contributed by atoms with Gasteiger partial charge in [0.2, 0.25) is 5.39 Å². The second-order valence-corrected chi connectivity index (χ2v) is 10.1. The minimum Gasteiger partial charge on any atom is -0.505 e. The van der Waals surface area contributed by atoms with Crippen molar-refractivity contribution < 1.29 is 14.6 Å². The summed E-state index contributed by atoms with van der Waals surface area (Å²) in [5.41, 5.74) is 1.81. The maximum absolute atomic E-state index is 11.4. The van der Waals surface area contributed by atoms with E-state index in [1.54, 1.807) is 0 Å². The molecule has 0 aromatic carbocycles. The monoisotopic (exact) mass is 385 g/mol. The lowest BCUT2D eigenvalue weighted by Gasteiger charge is -2.58. The van der Waals surface area contributed by atoms with Gasteiger partial charge in [0.1, 0.15) is 6.10 Å². The van der Waals surface area contributed by atoms with E-state index < -0.39 is 0 Å². The number of hydrogen-bond donors (Lipinski definition) is 1. The first-order valence-electron chi connectivity index (χ1n) is 10.9. The predicted octanol–water partition coefficient (Wildman–Crippen LogP) is 5.75. The van der Waals surface area contributed by atoms with Crippen molar-refractivity contribution in [3.63, 3.8) is 0 Å². The fourth-order valence-electron chi connectivity index (χ4n) is 7.60. The Kier molecular flexibility index (Phi) is 4.80. The first kappa shape index (κ1) is 19.5. The molecule has 0 aromatic rings. The van der Waals surface area contributed by atoms with Gasteiger partial charge in [0.25, 0.3) is 0 Å². The molecule has 1 N–H and O–H groups in total. The quantitative estimate of drug-likeness (QED) is 0.284. The van der Waals surface area contributed by atoms with Gasteiger partial charge >= 0.3 is 12.2 Å². The number of carbonyl (C=O) groups is 1. The lowest BCUT2D eigenvalue weighted by atomic mass is 9.47. The lowest BCUT2D eigenvalue weighted by Crippen LogP contribution is -2.50. The van der Waals surface area contributed by atoms with Gasteiger partial charge in [-0.2, -0.15) is 0 Å². The van der Waals surface area contributed by atoms with E-state index in [2.05, 4.69) is 24.9 Å². The number of allylic oxidation sites excluding steroid dienone is 2. The fourth-order valence-corrected chi connectivity index (χ4v) is 7.60. The highest BCUT2D eigenvalue weighted by Crippen LogP contribution is 2.67. The van der Waals surface area contributed by atoms with Crippen LogP contribution in [-0.2, 0) is 9.53 Å². The molecule has 4 aliphatic rings. The van der Waals surface area contributed by atoms with Crippen LogP contribution in [0.15, 0.2) is 23.6 Å². The van der Waals surface area contributed by atoms with Gasteiger partial charge < -0.3 is 9.84 Å². The van der Waals surface area contributed by atoms with E-state index in [9.17, 15) is 9.90 Å². The van der Waals surface area contributed by atoms with Gasteiger partial charge in [-0.25, -0.2) is 0 Å². The number of rotatable bonds is 2. The molecular weight excluding hydrogens is 352 g/mol. The normalized spacial score (nSPS) is 45.1. The van der Waals surface area contributed by atoms with Crippen LogP contribution >= 0.6 is 0 Å². The maximum Gasteiger partial charge on any atom is 0.387 e. The molecule has 0 aromatic heterocycles. The molecule has 152 valence electrons. The molecule has 0 unspecified atom stereocenters. The van der Waals surface area contributed by atoms with Crippen LogP contribution in [0.4, 0.5) is 0 Å². The zero-order valence-corrected chi connectivity index (χ0v) is 17.4. The van der Waals surface area contributed by atoms with Gasteiger partial charge in [0.05, 0.1) is 0 Å². The van der Waals surface area contributed by atoms with Gasteiger partial charge in [0.15, 0.2) is 10.7 Å². The van der Waals surface area contributed by atoms with Crippen molar-refractivity contribution in [3.8, 4) is 0 Å². The largest absolute Gasteiger partial charge is 0.505 e. The minimum absolute atomic E-state index is 0.0439. The van der Waals surface area contributed by atoms with Crippen molar-refractivity contribution in [2.75, 3.05) is 0 Å². The number of diazo groups is 1. The topological polar surface area (TPSA) is 74.7 Å². The summed E-state index contributed by atoms with van der Waals surface area (Å²) in [6.07, 6.45) is 12.2. The lowest BCUT2D eigenvalue weighted by molar-refractivity contribution is -0.148. The van der Waals surface area contributed by atoms with Crippen molar-refractivity contribution in [3.05, 3.63) is 28.6 Å². The highest BCUT2D eigenvalue weighted by atomic mass is 16.5. The molecule has 0 aliphatic heterocycles. The van der Waals surface area contributed by atoms with Crippen molar-refractivity contribution in [1.82, 2.24) is 0 Å². The Labute approximate surface area is 167 Å². The molecule has 28 heavy (non-hydrogen) atoms. The summed E-state index contributed by atoms with van der Waals surface area (Å²) in [7, 11) is 0. The maximum atomic E-state index is 11.4. The smallest absolute Gasteiger partial charge is 0.387 e. The first-order valence-corrected chi connectivity index (χ1v) is 10.9. The van der Waals surface area contributed by atoms with E-state index in [1.807, 2.05) is 0 Å². The average Bonchev–Trinajstić information content (AvgIpc) is 2.99. The van der Waals surface area contributed by atoms with E-state index in [1.165, 1.54) is 25.1 Å². The van der Waals surface area contributed by atoms with E-state index in [0.29, 0.717) is 17.8 Å². The van der Waals surface area contributed by atoms with Crippen LogP contribution in [0.3, 0.4) is 0 Å². The molecular formula is C23H33N2O3+. The third kappa shape index (κ3) is 2.88. The Morgan fingerprint density at radius 3 is 2.75 bits per heavy atom. The molecule has 4 aliphatic carbocycles. The van der Waals surface area contributed by atoms with Crippen LogP contribution in [0, 0.1) is 39.9 Å². The number of esters is 1. The number of hydrogen-bond acceptors (Lipinski definition) is 4. The summed E-state index contributed by atoms with van der Waals surface area (Å²) < 4.78 is 5.53. The number of nitrogens with zero attached hydrogens (tertiary/aromatic N) is 2. The molecule has 7 atom stereocenters. The highest BCUT2D eigenvalue weighted by Gasteiger charge is 2.59. The fraction of sp³-hybridized carbons (Fsp3) is 0.783. The van der Waals surface area contributed by atoms with Gasteiger partial charge in [0, 0.05) is 19.3 Å². The third-order valence-electron chi connectivity index (χ3n) is 8.94. The number of aliphatic hydroxyl groups excluding tert-OH is 1. The number of aliphatic hydroxyl groups is 1. The molecule has 0 heterocycles. The van der Waals surface area contributed by atoms with Crippen molar-refractivity contribution in [1.29, 1.82) is 5.39 Å². The van der Waals surface area contributed by atoms with Crippen LogP contribution in [0.25, 0.3) is 4.98 Å². The van der Waals surface area contributed by atoms with Gasteiger partial charge in [-0.15, -0.1) is 0 Å². The average molecular weight is 386 g/mol. The minimum atomic E-state index is -0.171. The predicted molar refractivity (Wildman–Crippen MR) is 107 cm³/mol. The Balaban J connectivity index is 1.58. The van der Waals surface area contributed by atoms with Crippen LogP contribution in [0.5, 0.6) is 0 Å². The molecule has 0 bridgehead atoms. The highest BCUT2D eigenvalue weighted by molar-refractivity contribution is 5.66. The Bertz CT molecular complexity index is 766. The van der Waals surface area contributed by atoms with E-state index in [-0.39, 0.29) is 34.6 Å². The van der Waals surface area contributed by atoms with E-state index in [4.69, 9.17) is 10.1 Å². The molecule has 5 heteroatoms. The summed E-state index contributed by atoms with van der Waals surface area (Å²) in [5.74, 6) is 2.11. The zero-order chi connectivity index (χ0) is 20.1. The van der Waals surface area contributed by atoms with Gasteiger partial charge in [-0.1, -0.05) is 25.5 Å². The molecule has 0 saturated heterocycles. The van der Waals surface area contributed by atoms with Crippen LogP contribution in [0.2, 0.25) is 0 Å². The van der Waals surface area contributed by atoms with E-state index >= 15 is 0 Å². The first-order chi connectivity index (χ1) is 13.3. The number of fused-ring (bicyclic) bond motifs is 5. The number of carbonyl (C=O) groups excluding carboxylic acids is 1. The second kappa shape index (κ2) is 6.90. The Morgan fingerprint density at radius 2 is 2.04 bits per heavy atom. The standard InChI is InChI=1S/C23H32N2O3/c1-14(26)28-16-8-10-22(2)15(12-16)4-5-17-18-6-7-20(21(27)13-25-24)23(18,3)11-9-19(17)22/h4,13,16-20H,5-12H2,1-3H3/p+1/t16-,17-,18-,19-,20+,22-,23-/m0/s1. The Hall–Kier alpha value is -1.83. The van der Waals surface area contributed by atoms with Crippen molar-refractivity contribution in [2.24, 2.45) is 34.5 Å². The second-order valence-electron chi connectivity index (χ2n) is 10.1. The molecule has 0 spiro atoms. The van der Waals surface area contributed by atoms with Gasteiger partial charge in [-0.3, -0.25) is 4.79 Å². The van der Waals surface area contributed by atoms with Crippen LogP contribution in [0.1, 0.15) is 72.1 Å². The van der Waals surface area contributed by atoms with Crippen molar-refractivity contribution in [2.45, 2.75) is 78.2 Å².